The maximum absolute atomic E-state index is 13.0. The summed E-state index contributed by atoms with van der Waals surface area (Å²) in [6, 6.07) is 1.34. The van der Waals surface area contributed by atoms with Crippen molar-refractivity contribution in [1.82, 2.24) is 24.8 Å². The molecule has 0 saturated heterocycles. The van der Waals surface area contributed by atoms with Crippen molar-refractivity contribution < 1.29 is 19.1 Å². The normalized spacial score (nSPS) is 10.8. The van der Waals surface area contributed by atoms with Crippen LogP contribution in [0.1, 0.15) is 24.2 Å². The number of ether oxygens (including phenoxy) is 2. The molecule has 0 saturated carbocycles. The molecule has 0 fully saturated rings. The third-order valence-corrected chi connectivity index (χ3v) is 4.37. The fraction of sp³-hybridized carbons (Fsp3) is 0.300. The van der Waals surface area contributed by atoms with Crippen LogP contribution in [0.4, 0.5) is 11.6 Å². The van der Waals surface area contributed by atoms with E-state index in [9.17, 15) is 14.4 Å². The minimum absolute atomic E-state index is 0.0521. The van der Waals surface area contributed by atoms with Crippen LogP contribution in [-0.2, 0) is 11.8 Å². The smallest absolute Gasteiger partial charge is 0.264 e. The van der Waals surface area contributed by atoms with E-state index in [1.165, 1.54) is 38.9 Å². The van der Waals surface area contributed by atoms with Gasteiger partial charge in [0.05, 0.1) is 23.7 Å². The predicted octanol–water partition coefficient (Wildman–Crippen LogP) is 0.470. The Bertz CT molecular complexity index is 1220. The summed E-state index contributed by atoms with van der Waals surface area (Å²) in [4.78, 5) is 49.4. The molecule has 0 unspecified atom stereocenters. The van der Waals surface area contributed by atoms with Crippen molar-refractivity contribution in [1.29, 1.82) is 0 Å². The Labute approximate surface area is 182 Å². The van der Waals surface area contributed by atoms with Crippen molar-refractivity contribution in [2.45, 2.75) is 19.9 Å². The Morgan fingerprint density at radius 3 is 2.56 bits per heavy atom. The molecule has 2 amide bonds. The lowest BCUT2D eigenvalue weighted by atomic mass is 10.1. The number of methoxy groups -OCH3 is 1. The highest BCUT2D eigenvalue weighted by atomic mass is 16.5. The van der Waals surface area contributed by atoms with Crippen molar-refractivity contribution in [3.05, 3.63) is 40.7 Å². The van der Waals surface area contributed by atoms with Crippen LogP contribution in [0.25, 0.3) is 10.9 Å². The molecule has 1 aromatic carbocycles. The van der Waals surface area contributed by atoms with Crippen molar-refractivity contribution in [2.75, 3.05) is 24.8 Å². The zero-order valence-electron chi connectivity index (χ0n) is 18.0. The van der Waals surface area contributed by atoms with Gasteiger partial charge in [-0.25, -0.2) is 15.0 Å². The Hall–Kier alpha value is -4.22. The highest BCUT2D eigenvalue weighted by Crippen LogP contribution is 2.37. The van der Waals surface area contributed by atoms with E-state index in [1.54, 1.807) is 0 Å². The maximum Gasteiger partial charge on any atom is 0.264 e. The maximum atomic E-state index is 13.0. The van der Waals surface area contributed by atoms with Crippen LogP contribution in [0.2, 0.25) is 0 Å². The number of hydrogen-bond donors (Lipinski definition) is 3. The van der Waals surface area contributed by atoms with Crippen molar-refractivity contribution in [2.24, 2.45) is 7.05 Å². The molecule has 0 radical (unpaired) electrons. The van der Waals surface area contributed by atoms with E-state index in [2.05, 4.69) is 25.6 Å². The monoisotopic (exact) mass is 441 g/mol. The number of benzene rings is 1. The number of nitrogens with one attached hydrogen (secondary N) is 2. The van der Waals surface area contributed by atoms with Crippen LogP contribution in [0.15, 0.2) is 29.6 Å². The minimum atomic E-state index is -0.558. The van der Waals surface area contributed by atoms with Gasteiger partial charge in [-0.05, 0) is 13.8 Å². The van der Waals surface area contributed by atoms with E-state index in [0.717, 1.165) is 4.57 Å². The first-order valence-electron chi connectivity index (χ1n) is 9.58. The second kappa shape index (κ2) is 9.29. The number of fused-ring (bicyclic) bond motifs is 1. The van der Waals surface area contributed by atoms with Gasteiger partial charge in [0.15, 0.2) is 18.1 Å². The molecular formula is C20H23N7O5. The van der Waals surface area contributed by atoms with Crippen LogP contribution in [0, 0.1) is 0 Å². The summed E-state index contributed by atoms with van der Waals surface area (Å²) in [5.74, 6) is -0.717. The number of nitrogens with zero attached hydrogens (tertiary/aromatic N) is 4. The molecule has 12 heteroatoms. The number of anilines is 2. The summed E-state index contributed by atoms with van der Waals surface area (Å²) in [6.45, 7) is 3.36. The minimum Gasteiger partial charge on any atom is -0.491 e. The number of aromatic nitrogens is 4. The highest BCUT2D eigenvalue weighted by molar-refractivity contribution is 6.04. The first-order chi connectivity index (χ1) is 15.2. The summed E-state index contributed by atoms with van der Waals surface area (Å²) in [5, 5.41) is 5.34. The van der Waals surface area contributed by atoms with Gasteiger partial charge in [0.1, 0.15) is 11.8 Å². The Balaban J connectivity index is 2.05. The lowest BCUT2D eigenvalue weighted by molar-refractivity contribution is -0.123. The van der Waals surface area contributed by atoms with Gasteiger partial charge in [0.2, 0.25) is 5.95 Å². The van der Waals surface area contributed by atoms with Crippen LogP contribution < -0.4 is 31.4 Å². The van der Waals surface area contributed by atoms with E-state index in [-0.39, 0.29) is 58.2 Å². The number of rotatable bonds is 7. The zero-order valence-corrected chi connectivity index (χ0v) is 18.0. The summed E-state index contributed by atoms with van der Waals surface area (Å²) >= 11 is 0. The summed E-state index contributed by atoms with van der Waals surface area (Å²) in [6.07, 6.45) is 3.94. The second-order valence-corrected chi connectivity index (χ2v) is 7.11. The molecule has 32 heavy (non-hydrogen) atoms. The van der Waals surface area contributed by atoms with Crippen molar-refractivity contribution in [3.63, 3.8) is 0 Å². The summed E-state index contributed by atoms with van der Waals surface area (Å²) < 4.78 is 12.1. The van der Waals surface area contributed by atoms with Gasteiger partial charge in [-0.15, -0.1) is 0 Å². The quantitative estimate of drug-likeness (QED) is 0.442. The van der Waals surface area contributed by atoms with E-state index in [4.69, 9.17) is 15.2 Å². The predicted molar refractivity (Wildman–Crippen MR) is 117 cm³/mol. The van der Waals surface area contributed by atoms with Crippen molar-refractivity contribution >= 4 is 34.4 Å². The fourth-order valence-electron chi connectivity index (χ4n) is 2.94. The average Bonchev–Trinajstić information content (AvgIpc) is 2.75. The van der Waals surface area contributed by atoms with E-state index in [1.807, 2.05) is 13.8 Å². The lowest BCUT2D eigenvalue weighted by Gasteiger charge is -2.16. The third-order valence-electron chi connectivity index (χ3n) is 4.37. The van der Waals surface area contributed by atoms with Crippen LogP contribution in [0.3, 0.4) is 0 Å². The number of carbonyl (C=O) groups is 2. The lowest BCUT2D eigenvalue weighted by Crippen LogP contribution is -2.34. The summed E-state index contributed by atoms with van der Waals surface area (Å²) in [5.41, 5.74) is 5.93. The standard InChI is InChI=1S/C20H23N7O5/c1-10(2)24-14(28)8-32-13-5-12(21)15-16(17(13)31-4)25-20(27(3)19(15)30)26-18(29)11-6-22-9-23-7-11/h5-7,9-10H,8,21H2,1-4H3,(H,24,28)(H,25,26,29). The van der Waals surface area contributed by atoms with E-state index >= 15 is 0 Å². The molecule has 0 atom stereocenters. The fourth-order valence-corrected chi connectivity index (χ4v) is 2.94. The molecule has 0 aliphatic heterocycles. The van der Waals surface area contributed by atoms with Gasteiger partial charge in [0, 0.05) is 31.5 Å². The average molecular weight is 441 g/mol. The molecule has 2 heterocycles. The molecular weight excluding hydrogens is 418 g/mol. The molecule has 0 aliphatic carbocycles. The molecule has 2 aromatic heterocycles. The first-order valence-corrected chi connectivity index (χ1v) is 9.58. The van der Waals surface area contributed by atoms with Crippen LogP contribution in [-0.4, -0.2) is 51.1 Å². The highest BCUT2D eigenvalue weighted by Gasteiger charge is 2.21. The second-order valence-electron chi connectivity index (χ2n) is 7.11. The van der Waals surface area contributed by atoms with Gasteiger partial charge in [-0.3, -0.25) is 24.3 Å². The third kappa shape index (κ3) is 4.58. The SMILES string of the molecule is COc1c(OCC(=O)NC(C)C)cc(N)c2c(=O)n(C)c(NC(=O)c3cncnc3)nc12. The number of nitrogen functional groups attached to an aromatic ring is 1. The number of amides is 2. The number of nitrogens with two attached hydrogens (primary N) is 1. The van der Waals surface area contributed by atoms with Crippen molar-refractivity contribution in [3.8, 4) is 11.5 Å². The van der Waals surface area contributed by atoms with Gasteiger partial charge >= 0.3 is 0 Å². The molecule has 4 N–H and O–H groups in total. The number of carbonyl (C=O) groups excluding carboxylic acids is 2. The largest absolute Gasteiger partial charge is 0.491 e. The van der Waals surface area contributed by atoms with Crippen LogP contribution in [0.5, 0.6) is 11.5 Å². The molecule has 168 valence electrons. The van der Waals surface area contributed by atoms with Gasteiger partial charge in [-0.2, -0.15) is 0 Å². The Morgan fingerprint density at radius 1 is 1.25 bits per heavy atom. The molecule has 3 rings (SSSR count). The van der Waals surface area contributed by atoms with Gasteiger partial charge < -0.3 is 20.5 Å². The van der Waals surface area contributed by atoms with E-state index < -0.39 is 11.5 Å². The zero-order chi connectivity index (χ0) is 23.4. The summed E-state index contributed by atoms with van der Waals surface area (Å²) in [7, 11) is 2.81. The van der Waals surface area contributed by atoms with E-state index in [0.29, 0.717) is 0 Å². The number of hydrogen-bond acceptors (Lipinski definition) is 9. The molecule has 3 aromatic rings. The molecule has 12 nitrogen and oxygen atoms in total. The topological polar surface area (TPSA) is 163 Å². The van der Waals surface area contributed by atoms with Gasteiger partial charge in [-0.1, -0.05) is 0 Å². The first kappa shape index (κ1) is 22.5. The molecule has 0 bridgehead atoms. The molecule has 0 aliphatic rings. The van der Waals surface area contributed by atoms with Gasteiger partial charge in [0.25, 0.3) is 17.4 Å². The Morgan fingerprint density at radius 2 is 1.94 bits per heavy atom. The van der Waals surface area contributed by atoms with Crippen LogP contribution >= 0.6 is 0 Å². The Kier molecular flexibility index (Phi) is 6.52. The molecule has 0 spiro atoms.